The van der Waals surface area contributed by atoms with Gasteiger partial charge in [-0.2, -0.15) is 0 Å². The standard InChI is InChI=1S/C35H28N2O5S/c1-19-14-20(2)30-28(15-19)43-35(36-30)37-31(22-8-7-11-26(18-22)42-25-9-5-4-6-10-25)29(33(39)34(37)40)32(38)23-12-13-27-24(17-23)16-21(3)41-27/h4-15,17-18,21,31,38H,16H2,1-3H3/t21-,31+/m0/s1. The highest BCUT2D eigenvalue weighted by molar-refractivity contribution is 7.22. The van der Waals surface area contributed by atoms with E-state index in [0.29, 0.717) is 34.2 Å². The molecule has 0 saturated carbocycles. The normalized spacial score (nSPS) is 19.1. The van der Waals surface area contributed by atoms with Crippen LogP contribution in [0.25, 0.3) is 16.0 Å². The summed E-state index contributed by atoms with van der Waals surface area (Å²) in [5, 5.41) is 12.1. The number of rotatable bonds is 5. The van der Waals surface area contributed by atoms with Crippen molar-refractivity contribution in [2.75, 3.05) is 4.90 Å². The maximum atomic E-state index is 13.8. The number of fused-ring (bicyclic) bond motifs is 2. The molecule has 43 heavy (non-hydrogen) atoms. The van der Waals surface area contributed by atoms with Crippen LogP contribution in [0.1, 0.15) is 40.8 Å². The Labute approximate surface area is 252 Å². The molecule has 1 aromatic heterocycles. The Morgan fingerprint density at radius 1 is 0.977 bits per heavy atom. The van der Waals surface area contributed by atoms with Gasteiger partial charge in [-0.05, 0) is 91.6 Å². The van der Waals surface area contributed by atoms with Crippen molar-refractivity contribution in [3.05, 3.63) is 118 Å². The molecule has 214 valence electrons. The Morgan fingerprint density at radius 3 is 2.58 bits per heavy atom. The fourth-order valence-corrected chi connectivity index (χ4v) is 7.07. The quantitative estimate of drug-likeness (QED) is 0.129. The van der Waals surface area contributed by atoms with Crippen LogP contribution >= 0.6 is 11.3 Å². The van der Waals surface area contributed by atoms with Gasteiger partial charge in [0, 0.05) is 12.0 Å². The number of nitrogens with zero attached hydrogens (tertiary/aromatic N) is 2. The Balaban J connectivity index is 1.39. The van der Waals surface area contributed by atoms with Crippen LogP contribution in [-0.2, 0) is 16.0 Å². The van der Waals surface area contributed by atoms with E-state index in [2.05, 4.69) is 0 Å². The van der Waals surface area contributed by atoms with Gasteiger partial charge < -0.3 is 14.6 Å². The third kappa shape index (κ3) is 4.73. The number of benzene rings is 4. The van der Waals surface area contributed by atoms with Gasteiger partial charge in [-0.3, -0.25) is 14.5 Å². The molecular weight excluding hydrogens is 560 g/mol. The number of anilines is 1. The van der Waals surface area contributed by atoms with Crippen LogP contribution in [0.5, 0.6) is 17.2 Å². The summed E-state index contributed by atoms with van der Waals surface area (Å²) < 4.78 is 12.8. The van der Waals surface area contributed by atoms with Crippen molar-refractivity contribution in [3.8, 4) is 17.2 Å². The Kier molecular flexibility index (Phi) is 6.51. The average Bonchev–Trinajstić information content (AvgIpc) is 3.66. The average molecular weight is 589 g/mol. The highest BCUT2D eigenvalue weighted by Gasteiger charge is 2.48. The van der Waals surface area contributed by atoms with Gasteiger partial charge in [0.1, 0.15) is 29.1 Å². The first kappa shape index (κ1) is 26.9. The summed E-state index contributed by atoms with van der Waals surface area (Å²) in [6, 6.07) is 25.1. The smallest absolute Gasteiger partial charge is 0.301 e. The van der Waals surface area contributed by atoms with Crippen LogP contribution in [0.4, 0.5) is 5.13 Å². The third-order valence-corrected chi connectivity index (χ3v) is 8.79. The highest BCUT2D eigenvalue weighted by atomic mass is 32.1. The number of hydrogen-bond donors (Lipinski definition) is 1. The molecule has 7 nitrogen and oxygen atoms in total. The number of Topliss-reactive ketones (excluding diaryl/α,β-unsaturated/α-hetero) is 1. The Bertz CT molecular complexity index is 1960. The zero-order valence-corrected chi connectivity index (χ0v) is 24.6. The molecule has 0 radical (unpaired) electrons. The summed E-state index contributed by atoms with van der Waals surface area (Å²) in [5.41, 5.74) is 4.85. The fraction of sp³-hybridized carbons (Fsp3) is 0.171. The summed E-state index contributed by atoms with van der Waals surface area (Å²) in [6.45, 7) is 5.97. The molecule has 4 aromatic carbocycles. The van der Waals surface area contributed by atoms with Crippen molar-refractivity contribution in [1.29, 1.82) is 0 Å². The number of aliphatic hydroxyl groups excluding tert-OH is 1. The predicted octanol–water partition coefficient (Wildman–Crippen LogP) is 7.66. The van der Waals surface area contributed by atoms with E-state index in [-0.39, 0.29) is 17.4 Å². The van der Waals surface area contributed by atoms with Crippen molar-refractivity contribution in [1.82, 2.24) is 4.98 Å². The molecule has 1 fully saturated rings. The summed E-state index contributed by atoms with van der Waals surface area (Å²) in [4.78, 5) is 33.9. The van der Waals surface area contributed by atoms with Crippen molar-refractivity contribution in [3.63, 3.8) is 0 Å². The number of ether oxygens (including phenoxy) is 2. The topological polar surface area (TPSA) is 89.0 Å². The van der Waals surface area contributed by atoms with Gasteiger partial charge in [0.15, 0.2) is 5.13 Å². The molecule has 0 spiro atoms. The van der Waals surface area contributed by atoms with Gasteiger partial charge in [-0.1, -0.05) is 47.7 Å². The third-order valence-electron chi connectivity index (χ3n) is 7.79. The van der Waals surface area contributed by atoms with Crippen LogP contribution in [0, 0.1) is 13.8 Å². The maximum absolute atomic E-state index is 13.8. The van der Waals surface area contributed by atoms with Gasteiger partial charge >= 0.3 is 5.91 Å². The summed E-state index contributed by atoms with van der Waals surface area (Å²) in [6.07, 6.45) is 0.717. The SMILES string of the molecule is Cc1cc(C)c2nc(N3C(=O)C(=O)C(=C(O)c4ccc5c(c4)C[C@H](C)O5)[C@H]3c3cccc(Oc4ccccc4)c3)sc2c1. The van der Waals surface area contributed by atoms with E-state index in [1.165, 1.54) is 16.2 Å². The van der Waals surface area contributed by atoms with Gasteiger partial charge in [-0.15, -0.1) is 0 Å². The van der Waals surface area contributed by atoms with Crippen molar-refractivity contribution in [2.24, 2.45) is 0 Å². The van der Waals surface area contributed by atoms with Crippen LogP contribution in [0.2, 0.25) is 0 Å². The minimum Gasteiger partial charge on any atom is -0.507 e. The molecular formula is C35H28N2O5S. The molecule has 2 aliphatic heterocycles. The molecule has 3 heterocycles. The van der Waals surface area contributed by atoms with Crippen molar-refractivity contribution < 1.29 is 24.2 Å². The van der Waals surface area contributed by atoms with E-state index < -0.39 is 17.7 Å². The van der Waals surface area contributed by atoms with Gasteiger partial charge in [0.25, 0.3) is 5.78 Å². The first-order chi connectivity index (χ1) is 20.8. The lowest BCUT2D eigenvalue weighted by atomic mass is 9.94. The zero-order valence-electron chi connectivity index (χ0n) is 23.8. The monoisotopic (exact) mass is 588 g/mol. The van der Waals surface area contributed by atoms with Crippen LogP contribution < -0.4 is 14.4 Å². The maximum Gasteiger partial charge on any atom is 0.301 e. The van der Waals surface area contributed by atoms with Crippen molar-refractivity contribution in [2.45, 2.75) is 39.3 Å². The molecule has 1 amide bonds. The van der Waals surface area contributed by atoms with Gasteiger partial charge in [0.2, 0.25) is 0 Å². The number of hydrogen-bond acceptors (Lipinski definition) is 7. The minimum atomic E-state index is -0.926. The van der Waals surface area contributed by atoms with Crippen LogP contribution in [0.15, 0.2) is 90.5 Å². The molecule has 1 N–H and O–H groups in total. The zero-order chi connectivity index (χ0) is 29.8. The van der Waals surface area contributed by atoms with E-state index in [1.54, 1.807) is 18.2 Å². The first-order valence-electron chi connectivity index (χ1n) is 14.1. The van der Waals surface area contributed by atoms with E-state index in [9.17, 15) is 14.7 Å². The number of thiazole rings is 1. The molecule has 1 saturated heterocycles. The Hall–Kier alpha value is -4.95. The molecule has 5 aromatic rings. The van der Waals surface area contributed by atoms with E-state index >= 15 is 0 Å². The second kappa shape index (κ2) is 10.4. The fourth-order valence-electron chi connectivity index (χ4n) is 5.90. The van der Waals surface area contributed by atoms with Gasteiger partial charge in [-0.25, -0.2) is 4.98 Å². The lowest BCUT2D eigenvalue weighted by Crippen LogP contribution is -2.29. The lowest BCUT2D eigenvalue weighted by Gasteiger charge is -2.23. The van der Waals surface area contributed by atoms with Crippen molar-refractivity contribution >= 4 is 44.1 Å². The summed E-state index contributed by atoms with van der Waals surface area (Å²) >= 11 is 1.35. The number of aliphatic hydroxyl groups is 1. The predicted molar refractivity (Wildman–Crippen MR) is 167 cm³/mol. The van der Waals surface area contributed by atoms with Crippen LogP contribution in [0.3, 0.4) is 0 Å². The number of aryl methyl sites for hydroxylation is 2. The minimum absolute atomic E-state index is 0.000864. The second-order valence-corrected chi connectivity index (χ2v) is 12.0. The Morgan fingerprint density at radius 2 is 1.77 bits per heavy atom. The lowest BCUT2D eigenvalue weighted by molar-refractivity contribution is -0.132. The van der Waals surface area contributed by atoms with E-state index in [0.717, 1.165) is 32.7 Å². The first-order valence-corrected chi connectivity index (χ1v) is 14.9. The molecule has 2 atom stereocenters. The highest BCUT2D eigenvalue weighted by Crippen LogP contribution is 2.46. The van der Waals surface area contributed by atoms with E-state index in [1.807, 2.05) is 87.5 Å². The number of carbonyl (C=O) groups is 2. The second-order valence-electron chi connectivity index (χ2n) is 11.0. The van der Waals surface area contributed by atoms with Gasteiger partial charge in [0.05, 0.1) is 21.8 Å². The number of aromatic nitrogens is 1. The van der Waals surface area contributed by atoms with Crippen LogP contribution in [-0.4, -0.2) is 27.9 Å². The largest absolute Gasteiger partial charge is 0.507 e. The summed E-state index contributed by atoms with van der Waals surface area (Å²) in [7, 11) is 0. The molecule has 2 aliphatic rings. The number of amides is 1. The molecule has 8 heteroatoms. The number of carbonyl (C=O) groups excluding carboxylic acids is 2. The number of para-hydroxylation sites is 1. The van der Waals surface area contributed by atoms with E-state index in [4.69, 9.17) is 14.5 Å². The summed E-state index contributed by atoms with van der Waals surface area (Å²) in [5.74, 6) is 0.193. The molecule has 7 rings (SSSR count). The molecule has 0 unspecified atom stereocenters. The number of ketones is 1. The molecule has 0 aliphatic carbocycles. The molecule has 0 bridgehead atoms.